The zero-order valence-corrected chi connectivity index (χ0v) is 13.8. The van der Waals surface area contributed by atoms with Gasteiger partial charge in [0.05, 0.1) is 4.90 Å². The first kappa shape index (κ1) is 16.4. The topological polar surface area (TPSA) is 75.7 Å². The van der Waals surface area contributed by atoms with Crippen molar-refractivity contribution in [1.82, 2.24) is 9.62 Å². The highest BCUT2D eigenvalue weighted by atomic mass is 32.2. The van der Waals surface area contributed by atoms with Crippen LogP contribution in [0.25, 0.3) is 0 Å². The minimum absolute atomic E-state index is 0.129. The largest absolute Gasteiger partial charge is 0.381 e. The van der Waals surface area contributed by atoms with Gasteiger partial charge in [0.2, 0.25) is 10.0 Å². The molecule has 0 aromatic heterocycles. The van der Waals surface area contributed by atoms with Gasteiger partial charge < -0.3 is 10.1 Å². The van der Waals surface area contributed by atoms with E-state index in [2.05, 4.69) is 5.32 Å². The smallest absolute Gasteiger partial charge is 0.251 e. The van der Waals surface area contributed by atoms with E-state index in [1.54, 1.807) is 12.1 Å². The molecular formula is C16H22N2O4S. The first-order valence-electron chi connectivity index (χ1n) is 8.06. The number of carbonyl (C=O) groups excluding carboxylic acids is 1. The molecule has 23 heavy (non-hydrogen) atoms. The second-order valence-corrected chi connectivity index (χ2v) is 7.93. The van der Waals surface area contributed by atoms with E-state index in [0.717, 1.165) is 25.7 Å². The summed E-state index contributed by atoms with van der Waals surface area (Å²) in [4.78, 5) is 12.5. The maximum Gasteiger partial charge on any atom is 0.251 e. The number of hydrogen-bond donors (Lipinski definition) is 1. The van der Waals surface area contributed by atoms with Gasteiger partial charge in [0.15, 0.2) is 0 Å². The standard InChI is InChI=1S/C16H22N2O4S/c19-16(17-14-7-11-22-12-8-14)13-3-5-15(6-4-13)23(20,21)18-9-1-2-10-18/h3-6,14H,1-2,7-12H2,(H,17,19). The Morgan fingerprint density at radius 3 is 2.30 bits per heavy atom. The minimum atomic E-state index is -3.42. The molecule has 2 heterocycles. The molecule has 2 aliphatic heterocycles. The third kappa shape index (κ3) is 3.73. The quantitative estimate of drug-likeness (QED) is 0.900. The predicted octanol–water partition coefficient (Wildman–Crippen LogP) is 1.38. The molecular weight excluding hydrogens is 316 g/mol. The van der Waals surface area contributed by atoms with Crippen LogP contribution in [0.3, 0.4) is 0 Å². The van der Waals surface area contributed by atoms with Crippen molar-refractivity contribution in [1.29, 1.82) is 0 Å². The number of carbonyl (C=O) groups is 1. The normalized spacial score (nSPS) is 20.5. The highest BCUT2D eigenvalue weighted by molar-refractivity contribution is 7.89. The summed E-state index contributed by atoms with van der Waals surface area (Å²) in [5.41, 5.74) is 0.483. The predicted molar refractivity (Wildman–Crippen MR) is 85.7 cm³/mol. The molecule has 2 fully saturated rings. The SMILES string of the molecule is O=C(NC1CCOCC1)c1ccc(S(=O)(=O)N2CCCC2)cc1. The summed E-state index contributed by atoms with van der Waals surface area (Å²) >= 11 is 0. The number of ether oxygens (including phenoxy) is 1. The minimum Gasteiger partial charge on any atom is -0.381 e. The highest BCUT2D eigenvalue weighted by Gasteiger charge is 2.27. The summed E-state index contributed by atoms with van der Waals surface area (Å²) in [6, 6.07) is 6.33. The number of hydrogen-bond acceptors (Lipinski definition) is 4. The van der Waals surface area contributed by atoms with Crippen LogP contribution in [0.1, 0.15) is 36.0 Å². The van der Waals surface area contributed by atoms with Crippen LogP contribution in [0.2, 0.25) is 0 Å². The van der Waals surface area contributed by atoms with Gasteiger partial charge in [0.25, 0.3) is 5.91 Å². The van der Waals surface area contributed by atoms with Gasteiger partial charge in [-0.3, -0.25) is 4.79 Å². The highest BCUT2D eigenvalue weighted by Crippen LogP contribution is 2.21. The van der Waals surface area contributed by atoms with Crippen molar-refractivity contribution in [3.8, 4) is 0 Å². The Morgan fingerprint density at radius 1 is 1.09 bits per heavy atom. The van der Waals surface area contributed by atoms with Crippen molar-refractivity contribution in [3.05, 3.63) is 29.8 Å². The van der Waals surface area contributed by atoms with Crippen LogP contribution < -0.4 is 5.32 Å². The Balaban J connectivity index is 1.67. The van der Waals surface area contributed by atoms with Gasteiger partial charge in [-0.15, -0.1) is 0 Å². The molecule has 0 unspecified atom stereocenters. The summed E-state index contributed by atoms with van der Waals surface area (Å²) in [6.07, 6.45) is 3.44. The van der Waals surface area contributed by atoms with E-state index >= 15 is 0 Å². The van der Waals surface area contributed by atoms with Crippen molar-refractivity contribution in [2.24, 2.45) is 0 Å². The zero-order chi connectivity index (χ0) is 16.3. The van der Waals surface area contributed by atoms with Crippen LogP contribution in [0.5, 0.6) is 0 Å². The number of amides is 1. The lowest BCUT2D eigenvalue weighted by Gasteiger charge is -2.23. The van der Waals surface area contributed by atoms with E-state index in [0.29, 0.717) is 31.9 Å². The molecule has 0 bridgehead atoms. The maximum absolute atomic E-state index is 12.4. The molecule has 3 rings (SSSR count). The molecule has 1 aromatic rings. The monoisotopic (exact) mass is 338 g/mol. The average Bonchev–Trinajstić information content (AvgIpc) is 3.11. The molecule has 7 heteroatoms. The Hall–Kier alpha value is -1.44. The number of nitrogens with one attached hydrogen (secondary N) is 1. The van der Waals surface area contributed by atoms with Crippen LogP contribution in [0.15, 0.2) is 29.2 Å². The lowest BCUT2D eigenvalue weighted by atomic mass is 10.1. The van der Waals surface area contributed by atoms with Gasteiger partial charge in [0, 0.05) is 37.9 Å². The lowest BCUT2D eigenvalue weighted by molar-refractivity contribution is 0.0696. The van der Waals surface area contributed by atoms with Gasteiger partial charge >= 0.3 is 0 Å². The molecule has 0 atom stereocenters. The number of sulfonamides is 1. The Labute approximate surface area is 136 Å². The van der Waals surface area contributed by atoms with Crippen LogP contribution in [-0.4, -0.2) is 51.0 Å². The molecule has 0 spiro atoms. The van der Waals surface area contributed by atoms with Gasteiger partial charge in [-0.2, -0.15) is 4.31 Å². The summed E-state index contributed by atoms with van der Waals surface area (Å²) in [7, 11) is -3.42. The van der Waals surface area contributed by atoms with Crippen molar-refractivity contribution in [2.75, 3.05) is 26.3 Å². The van der Waals surface area contributed by atoms with Gasteiger partial charge in [0.1, 0.15) is 0 Å². The Morgan fingerprint density at radius 2 is 1.70 bits per heavy atom. The van der Waals surface area contributed by atoms with E-state index in [9.17, 15) is 13.2 Å². The molecule has 2 aliphatic rings. The summed E-state index contributed by atoms with van der Waals surface area (Å²) in [5, 5.41) is 2.97. The van der Waals surface area contributed by atoms with Crippen molar-refractivity contribution in [2.45, 2.75) is 36.6 Å². The molecule has 1 N–H and O–H groups in total. The molecule has 2 saturated heterocycles. The molecule has 1 amide bonds. The molecule has 0 aliphatic carbocycles. The van der Waals surface area contributed by atoms with Crippen molar-refractivity contribution >= 4 is 15.9 Å². The van der Waals surface area contributed by atoms with E-state index in [1.165, 1.54) is 16.4 Å². The first-order chi connectivity index (χ1) is 11.1. The van der Waals surface area contributed by atoms with Crippen LogP contribution in [0, 0.1) is 0 Å². The van der Waals surface area contributed by atoms with Gasteiger partial charge in [-0.25, -0.2) is 8.42 Å². The van der Waals surface area contributed by atoms with E-state index in [1.807, 2.05) is 0 Å². The van der Waals surface area contributed by atoms with Crippen LogP contribution in [0.4, 0.5) is 0 Å². The fraction of sp³-hybridized carbons (Fsp3) is 0.562. The second-order valence-electron chi connectivity index (χ2n) is 6.00. The molecule has 0 radical (unpaired) electrons. The summed E-state index contributed by atoms with van der Waals surface area (Å²) in [6.45, 7) is 2.48. The zero-order valence-electron chi connectivity index (χ0n) is 13.0. The van der Waals surface area contributed by atoms with Crippen molar-refractivity contribution in [3.63, 3.8) is 0 Å². The van der Waals surface area contributed by atoms with Gasteiger partial charge in [-0.1, -0.05) is 0 Å². The average molecular weight is 338 g/mol. The summed E-state index contributed by atoms with van der Waals surface area (Å²) < 4.78 is 31.7. The lowest BCUT2D eigenvalue weighted by Crippen LogP contribution is -2.38. The van der Waals surface area contributed by atoms with Crippen molar-refractivity contribution < 1.29 is 17.9 Å². The molecule has 6 nitrogen and oxygen atoms in total. The van der Waals surface area contributed by atoms with Crippen LogP contribution >= 0.6 is 0 Å². The van der Waals surface area contributed by atoms with Gasteiger partial charge in [-0.05, 0) is 49.9 Å². The van der Waals surface area contributed by atoms with Crippen LogP contribution in [-0.2, 0) is 14.8 Å². The maximum atomic E-state index is 12.4. The Bertz CT molecular complexity index is 645. The molecule has 126 valence electrons. The third-order valence-corrected chi connectivity index (χ3v) is 6.29. The second kappa shape index (κ2) is 6.98. The Kier molecular flexibility index (Phi) is 4.99. The van der Waals surface area contributed by atoms with E-state index < -0.39 is 10.0 Å². The number of rotatable bonds is 4. The van der Waals surface area contributed by atoms with E-state index in [4.69, 9.17) is 4.74 Å². The molecule has 0 saturated carbocycles. The number of nitrogens with zero attached hydrogens (tertiary/aromatic N) is 1. The summed E-state index contributed by atoms with van der Waals surface area (Å²) in [5.74, 6) is -0.165. The molecule has 1 aromatic carbocycles. The fourth-order valence-corrected chi connectivity index (χ4v) is 4.48. The third-order valence-electron chi connectivity index (χ3n) is 4.38. The first-order valence-corrected chi connectivity index (χ1v) is 9.50. The number of benzene rings is 1. The fourth-order valence-electron chi connectivity index (χ4n) is 2.97. The van der Waals surface area contributed by atoms with E-state index in [-0.39, 0.29) is 16.8 Å².